The quantitative estimate of drug-likeness (QED) is 0.693. The van der Waals surface area contributed by atoms with Crippen LogP contribution in [0.4, 0.5) is 10.5 Å². The molecule has 0 aliphatic carbocycles. The highest BCUT2D eigenvalue weighted by molar-refractivity contribution is 5.90. The zero-order valence-electron chi connectivity index (χ0n) is 13.2. The van der Waals surface area contributed by atoms with Gasteiger partial charge in [0.2, 0.25) is 0 Å². The molecule has 1 atom stereocenters. The Morgan fingerprint density at radius 2 is 2.35 bits per heavy atom. The molecule has 1 aromatic carbocycles. The lowest BCUT2D eigenvalue weighted by molar-refractivity contribution is 0.245. The summed E-state index contributed by atoms with van der Waals surface area (Å²) in [5, 5.41) is 16.2. The van der Waals surface area contributed by atoms with Crippen molar-refractivity contribution in [3.8, 4) is 11.4 Å². The van der Waals surface area contributed by atoms with Gasteiger partial charge in [-0.15, -0.1) is 0 Å². The van der Waals surface area contributed by atoms with Gasteiger partial charge in [0.25, 0.3) is 0 Å². The number of amides is 2. The third-order valence-electron chi connectivity index (χ3n) is 3.88. The topological polar surface area (TPSA) is 94.7 Å². The first kappa shape index (κ1) is 15.5. The molecule has 7 nitrogen and oxygen atoms in total. The zero-order valence-corrected chi connectivity index (χ0v) is 13.2. The van der Waals surface area contributed by atoms with Gasteiger partial charge in [0.05, 0.1) is 0 Å². The molecule has 0 spiro atoms. The number of nitrogens with zero attached hydrogens (tertiary/aromatic N) is 2. The number of aromatic nitrogens is 3. The summed E-state index contributed by atoms with van der Waals surface area (Å²) in [5.74, 6) is 1.49. The number of aryl methyl sites for hydroxylation is 1. The van der Waals surface area contributed by atoms with Crippen LogP contribution in [0.2, 0.25) is 0 Å². The Morgan fingerprint density at radius 3 is 3.09 bits per heavy atom. The number of carbonyl (C=O) groups excluding carboxylic acids is 1. The summed E-state index contributed by atoms with van der Waals surface area (Å²) in [7, 11) is 0. The second-order valence-electron chi connectivity index (χ2n) is 5.68. The van der Waals surface area contributed by atoms with E-state index in [1.54, 1.807) is 0 Å². The number of hydrogen-bond acceptors (Lipinski definition) is 4. The van der Waals surface area contributed by atoms with Crippen LogP contribution in [0.25, 0.3) is 11.4 Å². The Hall–Kier alpha value is -2.41. The van der Waals surface area contributed by atoms with Gasteiger partial charge < -0.3 is 16.0 Å². The molecule has 0 radical (unpaired) electrons. The summed E-state index contributed by atoms with van der Waals surface area (Å²) in [4.78, 5) is 16.5. The minimum atomic E-state index is -0.180. The summed E-state index contributed by atoms with van der Waals surface area (Å²) in [6.45, 7) is 3.87. The van der Waals surface area contributed by atoms with Crippen molar-refractivity contribution in [1.29, 1.82) is 0 Å². The molecule has 1 aromatic heterocycles. The summed E-state index contributed by atoms with van der Waals surface area (Å²) in [6, 6.07) is 7.55. The Morgan fingerprint density at radius 1 is 1.43 bits per heavy atom. The van der Waals surface area contributed by atoms with Crippen molar-refractivity contribution >= 4 is 11.7 Å². The summed E-state index contributed by atoms with van der Waals surface area (Å²) in [6.07, 6.45) is 2.91. The molecule has 3 rings (SSSR count). The monoisotopic (exact) mass is 314 g/mol. The van der Waals surface area contributed by atoms with E-state index >= 15 is 0 Å². The summed E-state index contributed by atoms with van der Waals surface area (Å²) in [5.41, 5.74) is 1.60. The van der Waals surface area contributed by atoms with Gasteiger partial charge in [-0.05, 0) is 31.5 Å². The van der Waals surface area contributed by atoms with E-state index in [4.69, 9.17) is 0 Å². The van der Waals surface area contributed by atoms with E-state index in [1.807, 2.05) is 31.2 Å². The normalized spacial score (nSPS) is 17.7. The number of nitrogens with one attached hydrogen (secondary N) is 4. The van der Waals surface area contributed by atoms with Gasteiger partial charge in [0.15, 0.2) is 5.82 Å². The van der Waals surface area contributed by atoms with Gasteiger partial charge in [-0.25, -0.2) is 9.78 Å². The van der Waals surface area contributed by atoms with Crippen LogP contribution in [0.3, 0.4) is 0 Å². The number of piperidine rings is 1. The van der Waals surface area contributed by atoms with Crippen LogP contribution in [-0.4, -0.2) is 40.3 Å². The number of rotatable bonds is 4. The maximum absolute atomic E-state index is 12.1. The first-order valence-electron chi connectivity index (χ1n) is 8.04. The maximum Gasteiger partial charge on any atom is 0.319 e. The molecule has 1 aliphatic rings. The number of aromatic amines is 1. The van der Waals surface area contributed by atoms with E-state index in [1.165, 1.54) is 0 Å². The fourth-order valence-corrected chi connectivity index (χ4v) is 2.65. The molecule has 122 valence electrons. The third kappa shape index (κ3) is 4.07. The first-order valence-corrected chi connectivity index (χ1v) is 8.04. The molecular formula is C16H22N6O. The van der Waals surface area contributed by atoms with Gasteiger partial charge in [0.1, 0.15) is 5.82 Å². The Labute approximate surface area is 135 Å². The van der Waals surface area contributed by atoms with Crippen LogP contribution < -0.4 is 16.0 Å². The van der Waals surface area contributed by atoms with Crippen molar-refractivity contribution in [2.75, 3.05) is 18.4 Å². The summed E-state index contributed by atoms with van der Waals surface area (Å²) >= 11 is 0. The van der Waals surface area contributed by atoms with Crippen LogP contribution in [0.15, 0.2) is 24.3 Å². The summed E-state index contributed by atoms with van der Waals surface area (Å²) < 4.78 is 0. The average molecular weight is 314 g/mol. The predicted octanol–water partition coefficient (Wildman–Crippen LogP) is 1.91. The molecule has 1 fully saturated rings. The standard InChI is InChI=1S/C16H22N6O/c1-2-14-20-15(22-21-14)11-5-3-6-12(9-11)18-16(23)19-13-7-4-8-17-10-13/h3,5-6,9,13,17H,2,4,7-8,10H2,1H3,(H2,18,19,23)(H,20,21,22)/t13-/m1/s1. The van der Waals surface area contributed by atoms with E-state index in [0.29, 0.717) is 5.82 Å². The largest absolute Gasteiger partial charge is 0.334 e. The Bertz CT molecular complexity index is 662. The van der Waals surface area contributed by atoms with E-state index in [-0.39, 0.29) is 12.1 Å². The minimum absolute atomic E-state index is 0.180. The number of carbonyl (C=O) groups is 1. The minimum Gasteiger partial charge on any atom is -0.334 e. The van der Waals surface area contributed by atoms with E-state index < -0.39 is 0 Å². The van der Waals surface area contributed by atoms with E-state index in [2.05, 4.69) is 31.1 Å². The van der Waals surface area contributed by atoms with Crippen LogP contribution in [0.5, 0.6) is 0 Å². The van der Waals surface area contributed by atoms with Crippen molar-refractivity contribution in [1.82, 2.24) is 25.8 Å². The molecule has 2 amide bonds. The zero-order chi connectivity index (χ0) is 16.1. The van der Waals surface area contributed by atoms with Crippen LogP contribution in [0.1, 0.15) is 25.6 Å². The first-order chi connectivity index (χ1) is 11.2. The fourth-order valence-electron chi connectivity index (χ4n) is 2.65. The molecule has 1 saturated heterocycles. The second-order valence-corrected chi connectivity index (χ2v) is 5.68. The van der Waals surface area contributed by atoms with Crippen molar-refractivity contribution < 1.29 is 4.79 Å². The average Bonchev–Trinajstić information content (AvgIpc) is 3.05. The number of H-pyrrole nitrogens is 1. The maximum atomic E-state index is 12.1. The van der Waals surface area contributed by atoms with Gasteiger partial charge in [-0.1, -0.05) is 19.1 Å². The van der Waals surface area contributed by atoms with Crippen LogP contribution >= 0.6 is 0 Å². The van der Waals surface area contributed by atoms with Gasteiger partial charge in [-0.2, -0.15) is 5.10 Å². The molecule has 2 aromatic rings. The number of hydrogen-bond donors (Lipinski definition) is 4. The van der Waals surface area contributed by atoms with Crippen molar-refractivity contribution in [3.63, 3.8) is 0 Å². The third-order valence-corrected chi connectivity index (χ3v) is 3.88. The lowest BCUT2D eigenvalue weighted by atomic mass is 10.1. The smallest absolute Gasteiger partial charge is 0.319 e. The van der Waals surface area contributed by atoms with Gasteiger partial charge in [0, 0.05) is 30.3 Å². The molecule has 2 heterocycles. The number of urea groups is 1. The van der Waals surface area contributed by atoms with E-state index in [9.17, 15) is 4.79 Å². The molecule has 0 unspecified atom stereocenters. The molecule has 1 aliphatic heterocycles. The second kappa shape index (κ2) is 7.23. The van der Waals surface area contributed by atoms with Crippen LogP contribution in [0, 0.1) is 0 Å². The molecule has 7 heteroatoms. The molecule has 23 heavy (non-hydrogen) atoms. The number of anilines is 1. The predicted molar refractivity (Wildman–Crippen MR) is 89.2 cm³/mol. The van der Waals surface area contributed by atoms with Crippen molar-refractivity contribution in [2.45, 2.75) is 32.2 Å². The number of benzene rings is 1. The van der Waals surface area contributed by atoms with Crippen molar-refractivity contribution in [3.05, 3.63) is 30.1 Å². The lowest BCUT2D eigenvalue weighted by Gasteiger charge is -2.23. The van der Waals surface area contributed by atoms with Gasteiger partial charge in [-0.3, -0.25) is 5.10 Å². The molecule has 0 bridgehead atoms. The molecular weight excluding hydrogens is 292 g/mol. The highest BCUT2D eigenvalue weighted by Gasteiger charge is 2.15. The van der Waals surface area contributed by atoms with Gasteiger partial charge >= 0.3 is 6.03 Å². The Balaban J connectivity index is 1.63. The molecule has 4 N–H and O–H groups in total. The van der Waals surface area contributed by atoms with Crippen LogP contribution in [-0.2, 0) is 6.42 Å². The fraction of sp³-hybridized carbons (Fsp3) is 0.438. The van der Waals surface area contributed by atoms with E-state index in [0.717, 1.165) is 49.4 Å². The highest BCUT2D eigenvalue weighted by Crippen LogP contribution is 2.19. The lowest BCUT2D eigenvalue weighted by Crippen LogP contribution is -2.47. The highest BCUT2D eigenvalue weighted by atomic mass is 16.2. The SMILES string of the molecule is CCc1nc(-c2cccc(NC(=O)N[C@@H]3CCCNC3)c2)n[nH]1. The van der Waals surface area contributed by atoms with Crippen molar-refractivity contribution in [2.24, 2.45) is 0 Å². The Kier molecular flexibility index (Phi) is 4.87. The molecule has 0 saturated carbocycles.